The van der Waals surface area contributed by atoms with Crippen LogP contribution in [0.5, 0.6) is 0 Å². The average Bonchev–Trinajstić information content (AvgIpc) is 2.96. The average molecular weight is 494 g/mol. The number of aliphatic imine (C=N–C) groups is 1. The van der Waals surface area contributed by atoms with Crippen LogP contribution in [0.25, 0.3) is 0 Å². The van der Waals surface area contributed by atoms with E-state index in [0.29, 0.717) is 16.3 Å². The van der Waals surface area contributed by atoms with Crippen molar-refractivity contribution in [3.05, 3.63) is 100 Å². The van der Waals surface area contributed by atoms with Gasteiger partial charge < -0.3 is 10.1 Å². The second kappa shape index (κ2) is 10.5. The first kappa shape index (κ1) is 24.1. The molecular formula is C26H21ClFN3O4. The van der Waals surface area contributed by atoms with Crippen LogP contribution in [0, 0.1) is 5.82 Å². The van der Waals surface area contributed by atoms with E-state index in [4.69, 9.17) is 16.3 Å². The number of ether oxygens (including phenoxy) is 1. The van der Waals surface area contributed by atoms with Gasteiger partial charge in [0.15, 0.2) is 0 Å². The van der Waals surface area contributed by atoms with Gasteiger partial charge in [0.05, 0.1) is 18.0 Å². The van der Waals surface area contributed by atoms with Gasteiger partial charge in [-0.15, -0.1) is 0 Å². The fourth-order valence-corrected chi connectivity index (χ4v) is 3.82. The molecule has 1 aliphatic rings. The third kappa shape index (κ3) is 5.22. The molecule has 1 N–H and O–H groups in total. The van der Waals surface area contributed by atoms with Crippen molar-refractivity contribution in [2.24, 2.45) is 4.99 Å². The lowest BCUT2D eigenvalue weighted by Gasteiger charge is -2.24. The Morgan fingerprint density at radius 2 is 1.69 bits per heavy atom. The number of anilines is 1. The summed E-state index contributed by atoms with van der Waals surface area (Å²) in [5.41, 5.74) is 1.34. The minimum atomic E-state index is -1.44. The molecule has 0 saturated carbocycles. The van der Waals surface area contributed by atoms with E-state index in [-0.39, 0.29) is 23.4 Å². The highest BCUT2D eigenvalue weighted by atomic mass is 35.5. The van der Waals surface area contributed by atoms with Gasteiger partial charge in [0.1, 0.15) is 12.4 Å². The first-order chi connectivity index (χ1) is 16.9. The van der Waals surface area contributed by atoms with E-state index in [1.165, 1.54) is 29.2 Å². The van der Waals surface area contributed by atoms with Crippen LogP contribution in [-0.4, -0.2) is 42.8 Å². The lowest BCUT2D eigenvalue weighted by molar-refractivity contribution is -0.142. The van der Waals surface area contributed by atoms with Crippen LogP contribution >= 0.6 is 11.6 Å². The van der Waals surface area contributed by atoms with Crippen molar-refractivity contribution in [3.8, 4) is 0 Å². The van der Waals surface area contributed by atoms with Crippen molar-refractivity contribution >= 4 is 40.8 Å². The third-order valence-electron chi connectivity index (χ3n) is 5.30. The predicted molar refractivity (Wildman–Crippen MR) is 130 cm³/mol. The van der Waals surface area contributed by atoms with Crippen LogP contribution in [0.3, 0.4) is 0 Å². The maximum Gasteiger partial charge on any atom is 0.326 e. The van der Waals surface area contributed by atoms with E-state index in [9.17, 15) is 18.8 Å². The van der Waals surface area contributed by atoms with Crippen LogP contribution in [-0.2, 0) is 14.3 Å². The van der Waals surface area contributed by atoms with Crippen LogP contribution in [0.1, 0.15) is 28.4 Å². The number of amides is 2. The summed E-state index contributed by atoms with van der Waals surface area (Å²) < 4.78 is 19.9. The highest BCUT2D eigenvalue weighted by Crippen LogP contribution is 2.29. The Bertz CT molecular complexity index is 1310. The molecule has 0 unspecified atom stereocenters. The van der Waals surface area contributed by atoms with Crippen molar-refractivity contribution in [1.29, 1.82) is 0 Å². The number of benzene rings is 3. The Morgan fingerprint density at radius 1 is 1.03 bits per heavy atom. The van der Waals surface area contributed by atoms with Gasteiger partial charge >= 0.3 is 5.97 Å². The molecule has 1 aliphatic heterocycles. The van der Waals surface area contributed by atoms with Crippen LogP contribution in [0.15, 0.2) is 77.8 Å². The van der Waals surface area contributed by atoms with Crippen LogP contribution in [0.4, 0.5) is 10.1 Å². The SMILES string of the molecule is CCOC(=O)CN1C(=O)[C@@H](NC(=O)c2ccc(Cl)cc2)N=C(c2ccccc2F)c2ccccc21. The number of halogens is 2. The number of carbonyl (C=O) groups is 3. The second-order valence-electron chi connectivity index (χ2n) is 7.59. The van der Waals surface area contributed by atoms with Crippen LogP contribution < -0.4 is 10.2 Å². The number of carbonyl (C=O) groups excluding carboxylic acids is 3. The second-order valence-corrected chi connectivity index (χ2v) is 8.02. The Kier molecular flexibility index (Phi) is 7.22. The van der Waals surface area contributed by atoms with E-state index < -0.39 is 36.3 Å². The Balaban J connectivity index is 1.82. The summed E-state index contributed by atoms with van der Waals surface area (Å²) in [4.78, 5) is 44.6. The molecule has 3 aromatic carbocycles. The van der Waals surface area contributed by atoms with Gasteiger partial charge in [-0.3, -0.25) is 19.3 Å². The minimum Gasteiger partial charge on any atom is -0.465 e. The molecule has 9 heteroatoms. The molecule has 1 atom stereocenters. The predicted octanol–water partition coefficient (Wildman–Crippen LogP) is 3.98. The summed E-state index contributed by atoms with van der Waals surface area (Å²) in [6.07, 6.45) is -1.44. The molecule has 0 spiro atoms. The molecule has 0 aromatic heterocycles. The summed E-state index contributed by atoms with van der Waals surface area (Å²) in [6, 6.07) is 18.8. The number of esters is 1. The molecule has 0 saturated heterocycles. The number of nitrogens with zero attached hydrogens (tertiary/aromatic N) is 2. The molecule has 35 heavy (non-hydrogen) atoms. The Hall–Kier alpha value is -4.04. The molecule has 4 rings (SSSR count). The molecule has 0 aliphatic carbocycles. The third-order valence-corrected chi connectivity index (χ3v) is 5.56. The van der Waals surface area contributed by atoms with Gasteiger partial charge in [-0.25, -0.2) is 9.38 Å². The summed E-state index contributed by atoms with van der Waals surface area (Å²) in [5.74, 6) is -2.43. The number of hydrogen-bond donors (Lipinski definition) is 1. The summed E-state index contributed by atoms with van der Waals surface area (Å²) in [5, 5.41) is 3.05. The van der Waals surface area contributed by atoms with E-state index in [0.717, 1.165) is 0 Å². The molecule has 178 valence electrons. The van der Waals surface area contributed by atoms with Crippen molar-refractivity contribution in [2.75, 3.05) is 18.1 Å². The zero-order valence-electron chi connectivity index (χ0n) is 18.7. The topological polar surface area (TPSA) is 88.1 Å². The van der Waals surface area contributed by atoms with E-state index in [2.05, 4.69) is 10.3 Å². The zero-order chi connectivity index (χ0) is 24.9. The van der Waals surface area contributed by atoms with Gasteiger partial charge in [0, 0.05) is 21.7 Å². The number of fused-ring (bicyclic) bond motifs is 1. The highest BCUT2D eigenvalue weighted by molar-refractivity contribution is 6.30. The molecule has 0 radical (unpaired) electrons. The largest absolute Gasteiger partial charge is 0.465 e. The van der Waals surface area contributed by atoms with Crippen molar-refractivity contribution in [2.45, 2.75) is 13.1 Å². The monoisotopic (exact) mass is 493 g/mol. The van der Waals surface area contributed by atoms with Gasteiger partial charge in [0.25, 0.3) is 11.8 Å². The van der Waals surface area contributed by atoms with Gasteiger partial charge in [-0.1, -0.05) is 41.9 Å². The molecular weight excluding hydrogens is 473 g/mol. The fourth-order valence-electron chi connectivity index (χ4n) is 3.70. The lowest BCUT2D eigenvalue weighted by atomic mass is 10.00. The van der Waals surface area contributed by atoms with Crippen LogP contribution in [0.2, 0.25) is 5.02 Å². The normalized spacial score (nSPS) is 15.1. The van der Waals surface area contributed by atoms with Gasteiger partial charge in [0.2, 0.25) is 6.17 Å². The van der Waals surface area contributed by atoms with Gasteiger partial charge in [-0.2, -0.15) is 0 Å². The number of hydrogen-bond acceptors (Lipinski definition) is 5. The quantitative estimate of drug-likeness (QED) is 0.526. The number of para-hydroxylation sites is 1. The van der Waals surface area contributed by atoms with Crippen molar-refractivity contribution in [1.82, 2.24) is 5.32 Å². The number of benzodiazepines with no additional fused rings is 1. The Morgan fingerprint density at radius 3 is 2.37 bits per heavy atom. The first-order valence-electron chi connectivity index (χ1n) is 10.8. The summed E-state index contributed by atoms with van der Waals surface area (Å²) in [6.45, 7) is 1.39. The van der Waals surface area contributed by atoms with Crippen molar-refractivity contribution < 1.29 is 23.5 Å². The molecule has 3 aromatic rings. The fraction of sp³-hybridized carbons (Fsp3) is 0.154. The van der Waals surface area contributed by atoms with E-state index in [1.807, 2.05) is 0 Å². The maximum atomic E-state index is 14.8. The van der Waals surface area contributed by atoms with Crippen molar-refractivity contribution in [3.63, 3.8) is 0 Å². The summed E-state index contributed by atoms with van der Waals surface area (Å²) in [7, 11) is 0. The molecule has 1 heterocycles. The molecule has 2 amide bonds. The first-order valence-corrected chi connectivity index (χ1v) is 11.2. The Labute approximate surface area is 206 Å². The van der Waals surface area contributed by atoms with E-state index in [1.54, 1.807) is 55.5 Å². The van der Waals surface area contributed by atoms with E-state index >= 15 is 0 Å². The molecule has 0 bridgehead atoms. The molecule has 0 fully saturated rings. The highest BCUT2D eigenvalue weighted by Gasteiger charge is 2.35. The minimum absolute atomic E-state index is 0.135. The van der Waals surface area contributed by atoms with Gasteiger partial charge in [-0.05, 0) is 49.4 Å². The zero-order valence-corrected chi connectivity index (χ0v) is 19.5. The number of nitrogens with one attached hydrogen (secondary N) is 1. The lowest BCUT2D eigenvalue weighted by Crippen LogP contribution is -2.49. The smallest absolute Gasteiger partial charge is 0.326 e. The maximum absolute atomic E-state index is 14.8. The standard InChI is InChI=1S/C26H21ClFN3O4/c1-2-35-22(32)15-31-21-10-6-4-8-19(21)23(18-7-3-5-9-20(18)28)29-24(26(31)34)30-25(33)16-11-13-17(27)14-12-16/h3-14,24H,2,15H2,1H3,(H,30,33)/t24-/m1/s1. The number of rotatable bonds is 6. The molecule has 7 nitrogen and oxygen atoms in total. The summed E-state index contributed by atoms with van der Waals surface area (Å²) >= 11 is 5.91.